The maximum Gasteiger partial charge on any atom is 0.106 e. The Balaban J connectivity index is 2.08. The monoisotopic (exact) mass is 267 g/mol. The summed E-state index contributed by atoms with van der Waals surface area (Å²) in [4.78, 5) is 0. The van der Waals surface area contributed by atoms with Crippen LogP contribution in [0.2, 0.25) is 0 Å². The van der Waals surface area contributed by atoms with Gasteiger partial charge < -0.3 is 10.4 Å². The fourth-order valence-electron chi connectivity index (χ4n) is 3.04. The van der Waals surface area contributed by atoms with Crippen molar-refractivity contribution < 1.29 is 5.11 Å². The second-order valence-electron chi connectivity index (χ2n) is 5.75. The molecule has 104 valence electrons. The van der Waals surface area contributed by atoms with Crippen LogP contribution >= 0.6 is 0 Å². The lowest BCUT2D eigenvalue weighted by atomic mass is 9.92. The molecule has 20 heavy (non-hydrogen) atoms. The summed E-state index contributed by atoms with van der Waals surface area (Å²) in [6.07, 6.45) is 0.483. The van der Waals surface area contributed by atoms with Gasteiger partial charge in [-0.05, 0) is 55.0 Å². The Labute approximate surface area is 120 Å². The number of aryl methyl sites for hydroxylation is 3. The lowest BCUT2D eigenvalue weighted by Crippen LogP contribution is -2.06. The van der Waals surface area contributed by atoms with E-state index in [9.17, 15) is 5.11 Å². The van der Waals surface area contributed by atoms with Crippen LogP contribution in [-0.2, 0) is 6.42 Å². The zero-order chi connectivity index (χ0) is 14.3. The fraction of sp³-hybridized carbons (Fsp3) is 0.333. The Morgan fingerprint density at radius 3 is 2.55 bits per heavy atom. The Morgan fingerprint density at radius 1 is 1.00 bits per heavy atom. The van der Waals surface area contributed by atoms with E-state index in [4.69, 9.17) is 0 Å². The molecule has 3 rings (SSSR count). The number of fused-ring (bicyclic) bond motifs is 1. The molecule has 2 nitrogen and oxygen atoms in total. The van der Waals surface area contributed by atoms with Gasteiger partial charge in [0, 0.05) is 17.8 Å². The van der Waals surface area contributed by atoms with Crippen LogP contribution in [0.25, 0.3) is 0 Å². The molecule has 0 saturated carbocycles. The fourth-order valence-corrected chi connectivity index (χ4v) is 3.04. The van der Waals surface area contributed by atoms with Crippen molar-refractivity contribution in [2.75, 3.05) is 11.9 Å². The highest BCUT2D eigenvalue weighted by Crippen LogP contribution is 2.35. The Kier molecular flexibility index (Phi) is 3.27. The molecule has 1 aliphatic heterocycles. The molecule has 1 unspecified atom stereocenters. The summed E-state index contributed by atoms with van der Waals surface area (Å²) in [5.41, 5.74) is 8.08. The zero-order valence-corrected chi connectivity index (χ0v) is 12.3. The second kappa shape index (κ2) is 4.95. The SMILES string of the molecule is Cc1cc(C)c(C(O)c2cccc3c2NCC3)cc1C. The van der Waals surface area contributed by atoms with Gasteiger partial charge >= 0.3 is 0 Å². The third-order valence-electron chi connectivity index (χ3n) is 4.35. The van der Waals surface area contributed by atoms with Crippen LogP contribution in [0.15, 0.2) is 30.3 Å². The Hall–Kier alpha value is -1.80. The van der Waals surface area contributed by atoms with E-state index in [1.54, 1.807) is 0 Å². The first-order chi connectivity index (χ1) is 9.58. The molecule has 2 aromatic carbocycles. The highest BCUT2D eigenvalue weighted by Gasteiger charge is 2.21. The number of aliphatic hydroxyl groups is 1. The lowest BCUT2D eigenvalue weighted by molar-refractivity contribution is 0.220. The number of anilines is 1. The van der Waals surface area contributed by atoms with Crippen molar-refractivity contribution >= 4 is 5.69 Å². The van der Waals surface area contributed by atoms with Gasteiger partial charge in [-0.25, -0.2) is 0 Å². The number of para-hydroxylation sites is 1. The van der Waals surface area contributed by atoms with Crippen LogP contribution < -0.4 is 5.32 Å². The normalized spacial score (nSPS) is 14.8. The number of hydrogen-bond donors (Lipinski definition) is 2. The smallest absolute Gasteiger partial charge is 0.106 e. The van der Waals surface area contributed by atoms with E-state index in [0.717, 1.165) is 35.3 Å². The van der Waals surface area contributed by atoms with Crippen molar-refractivity contribution in [1.82, 2.24) is 0 Å². The first kappa shape index (κ1) is 13.2. The molecule has 0 aromatic heterocycles. The van der Waals surface area contributed by atoms with E-state index in [-0.39, 0.29) is 0 Å². The predicted octanol–water partition coefficient (Wildman–Crippen LogP) is 3.66. The van der Waals surface area contributed by atoms with E-state index in [0.29, 0.717) is 0 Å². The van der Waals surface area contributed by atoms with Crippen molar-refractivity contribution in [3.63, 3.8) is 0 Å². The molecule has 0 spiro atoms. The zero-order valence-electron chi connectivity index (χ0n) is 12.3. The van der Waals surface area contributed by atoms with Gasteiger partial charge in [0.15, 0.2) is 0 Å². The van der Waals surface area contributed by atoms with Gasteiger partial charge in [-0.3, -0.25) is 0 Å². The minimum absolute atomic E-state index is 0.560. The van der Waals surface area contributed by atoms with Crippen LogP contribution in [0.1, 0.15) is 39.5 Å². The molecule has 0 aliphatic carbocycles. The van der Waals surface area contributed by atoms with E-state index in [1.165, 1.54) is 16.7 Å². The van der Waals surface area contributed by atoms with E-state index in [2.05, 4.69) is 44.3 Å². The number of hydrogen-bond acceptors (Lipinski definition) is 2. The van der Waals surface area contributed by atoms with Crippen LogP contribution in [-0.4, -0.2) is 11.7 Å². The number of benzene rings is 2. The number of nitrogens with one attached hydrogen (secondary N) is 1. The van der Waals surface area contributed by atoms with Crippen LogP contribution in [0.3, 0.4) is 0 Å². The van der Waals surface area contributed by atoms with Crippen molar-refractivity contribution in [3.05, 3.63) is 63.7 Å². The molecule has 2 N–H and O–H groups in total. The molecule has 1 heterocycles. The first-order valence-corrected chi connectivity index (χ1v) is 7.19. The van der Waals surface area contributed by atoms with Gasteiger partial charge in [0.25, 0.3) is 0 Å². The molecule has 2 heteroatoms. The molecular formula is C18H21NO. The van der Waals surface area contributed by atoms with Gasteiger partial charge in [0.1, 0.15) is 6.10 Å². The van der Waals surface area contributed by atoms with E-state index in [1.807, 2.05) is 12.1 Å². The van der Waals surface area contributed by atoms with Gasteiger partial charge in [-0.15, -0.1) is 0 Å². The molecular weight excluding hydrogens is 246 g/mol. The summed E-state index contributed by atoms with van der Waals surface area (Å²) >= 11 is 0. The standard InChI is InChI=1S/C18H21NO/c1-11-9-13(3)16(10-12(11)2)18(20)15-6-4-5-14-7-8-19-17(14)15/h4-6,9-10,18-20H,7-8H2,1-3H3. The van der Waals surface area contributed by atoms with Crippen LogP contribution in [0.4, 0.5) is 5.69 Å². The molecule has 0 fully saturated rings. The van der Waals surface area contributed by atoms with E-state index >= 15 is 0 Å². The van der Waals surface area contributed by atoms with Gasteiger partial charge in [-0.2, -0.15) is 0 Å². The Bertz CT molecular complexity index is 661. The topological polar surface area (TPSA) is 32.3 Å². The molecule has 1 atom stereocenters. The molecule has 1 aliphatic rings. The lowest BCUT2D eigenvalue weighted by Gasteiger charge is -2.19. The van der Waals surface area contributed by atoms with Gasteiger partial charge in [0.2, 0.25) is 0 Å². The van der Waals surface area contributed by atoms with Crippen LogP contribution in [0, 0.1) is 20.8 Å². The van der Waals surface area contributed by atoms with Crippen molar-refractivity contribution in [1.29, 1.82) is 0 Å². The third kappa shape index (κ3) is 2.10. The number of aliphatic hydroxyl groups excluding tert-OH is 1. The van der Waals surface area contributed by atoms with Crippen molar-refractivity contribution in [2.45, 2.75) is 33.3 Å². The summed E-state index contributed by atoms with van der Waals surface area (Å²) < 4.78 is 0. The quantitative estimate of drug-likeness (QED) is 0.870. The average Bonchev–Trinajstić information content (AvgIpc) is 2.90. The summed E-state index contributed by atoms with van der Waals surface area (Å²) in [7, 11) is 0. The molecule has 2 aromatic rings. The predicted molar refractivity (Wildman–Crippen MR) is 83.4 cm³/mol. The summed E-state index contributed by atoms with van der Waals surface area (Å²) in [6, 6.07) is 10.5. The second-order valence-corrected chi connectivity index (χ2v) is 5.75. The molecule has 0 radical (unpaired) electrons. The van der Waals surface area contributed by atoms with Gasteiger partial charge in [-0.1, -0.05) is 30.3 Å². The highest BCUT2D eigenvalue weighted by molar-refractivity contribution is 5.63. The minimum Gasteiger partial charge on any atom is -0.384 e. The Morgan fingerprint density at radius 2 is 1.75 bits per heavy atom. The van der Waals surface area contributed by atoms with Crippen LogP contribution in [0.5, 0.6) is 0 Å². The minimum atomic E-state index is -0.560. The largest absolute Gasteiger partial charge is 0.384 e. The summed E-state index contributed by atoms with van der Waals surface area (Å²) in [5, 5.41) is 14.2. The first-order valence-electron chi connectivity index (χ1n) is 7.19. The summed E-state index contributed by atoms with van der Waals surface area (Å²) in [5.74, 6) is 0. The average molecular weight is 267 g/mol. The summed E-state index contributed by atoms with van der Waals surface area (Å²) in [6.45, 7) is 7.24. The maximum atomic E-state index is 10.8. The molecule has 0 amide bonds. The molecule has 0 saturated heterocycles. The number of rotatable bonds is 2. The third-order valence-corrected chi connectivity index (χ3v) is 4.35. The van der Waals surface area contributed by atoms with Gasteiger partial charge in [0.05, 0.1) is 0 Å². The van der Waals surface area contributed by atoms with Crippen molar-refractivity contribution in [2.24, 2.45) is 0 Å². The highest BCUT2D eigenvalue weighted by atomic mass is 16.3. The molecule has 0 bridgehead atoms. The van der Waals surface area contributed by atoms with Crippen molar-refractivity contribution in [3.8, 4) is 0 Å². The maximum absolute atomic E-state index is 10.8. The van der Waals surface area contributed by atoms with E-state index < -0.39 is 6.10 Å².